The molecule has 2 atom stereocenters. The second-order valence-corrected chi connectivity index (χ2v) is 7.45. The highest BCUT2D eigenvalue weighted by Gasteiger charge is 2.53. The quantitative estimate of drug-likeness (QED) is 0.760. The number of hydrogen-bond donors (Lipinski definition) is 2. The number of likely N-dealkylation sites (tertiary alicyclic amines) is 1. The van der Waals surface area contributed by atoms with Crippen LogP contribution < -0.4 is 0 Å². The highest BCUT2D eigenvalue weighted by molar-refractivity contribution is 8.01. The summed E-state index contributed by atoms with van der Waals surface area (Å²) in [6.45, 7) is 3.62. The maximum atomic E-state index is 12.6. The topological polar surface area (TPSA) is 60.9 Å². The van der Waals surface area contributed by atoms with E-state index in [2.05, 4.69) is 24.6 Å². The third kappa shape index (κ3) is 2.80. The predicted molar refractivity (Wildman–Crippen MR) is 83.2 cm³/mol. The van der Waals surface area contributed by atoms with Crippen LogP contribution in [0.1, 0.15) is 19.8 Å². The number of aliphatic carboxylic acids is 1. The van der Waals surface area contributed by atoms with Gasteiger partial charge in [0, 0.05) is 30.5 Å². The van der Waals surface area contributed by atoms with Crippen molar-refractivity contribution in [2.75, 3.05) is 31.6 Å². The second-order valence-electron chi connectivity index (χ2n) is 5.71. The van der Waals surface area contributed by atoms with E-state index in [0.717, 1.165) is 25.9 Å². The van der Waals surface area contributed by atoms with Crippen molar-refractivity contribution in [2.24, 2.45) is 5.92 Å². The summed E-state index contributed by atoms with van der Waals surface area (Å²) in [5, 5.41) is 9.42. The molecule has 0 aromatic rings. The lowest BCUT2D eigenvalue weighted by molar-refractivity contribution is -0.153. The molecule has 0 bridgehead atoms. The molecular weight excluding hydrogens is 296 g/mol. The third-order valence-corrected chi connectivity index (χ3v) is 6.42. The molecule has 2 rings (SSSR count). The van der Waals surface area contributed by atoms with Gasteiger partial charge in [0.15, 0.2) is 0 Å². The summed E-state index contributed by atoms with van der Waals surface area (Å²) >= 11 is 5.83. The maximum Gasteiger partial charge on any atom is 0.327 e. The molecule has 114 valence electrons. The van der Waals surface area contributed by atoms with Crippen LogP contribution in [0.3, 0.4) is 0 Å². The lowest BCUT2D eigenvalue weighted by Crippen LogP contribution is -2.57. The molecule has 2 aliphatic rings. The monoisotopic (exact) mass is 318 g/mol. The van der Waals surface area contributed by atoms with Crippen molar-refractivity contribution in [2.45, 2.75) is 30.7 Å². The largest absolute Gasteiger partial charge is 0.480 e. The van der Waals surface area contributed by atoms with Crippen molar-refractivity contribution in [3.8, 4) is 0 Å². The number of carbonyl (C=O) groups excluding carboxylic acids is 1. The number of carboxylic acids is 1. The number of nitrogens with zero attached hydrogens (tertiary/aromatic N) is 2. The summed E-state index contributed by atoms with van der Waals surface area (Å²) < 4.78 is 0. The van der Waals surface area contributed by atoms with Crippen LogP contribution >= 0.6 is 24.4 Å². The van der Waals surface area contributed by atoms with E-state index < -0.39 is 12.0 Å². The molecule has 1 N–H and O–H groups in total. The van der Waals surface area contributed by atoms with Gasteiger partial charge >= 0.3 is 5.97 Å². The minimum absolute atomic E-state index is 0.0676. The first-order valence-corrected chi connectivity index (χ1v) is 8.52. The van der Waals surface area contributed by atoms with Crippen molar-refractivity contribution in [3.05, 3.63) is 0 Å². The number of rotatable bonds is 3. The SMILES string of the molecule is C[C@H](CS)C(=O)N1[C@H](C(=O)O)CSC12CCN(C)CC2. The van der Waals surface area contributed by atoms with E-state index >= 15 is 0 Å². The molecule has 2 saturated heterocycles. The summed E-state index contributed by atoms with van der Waals surface area (Å²) in [5.41, 5.74) is 0. The molecular formula is C13H22N2O3S2. The first-order valence-electron chi connectivity index (χ1n) is 6.90. The highest BCUT2D eigenvalue weighted by atomic mass is 32.2. The molecule has 20 heavy (non-hydrogen) atoms. The lowest BCUT2D eigenvalue weighted by atomic mass is 9.99. The van der Waals surface area contributed by atoms with Crippen molar-refractivity contribution in [1.82, 2.24) is 9.80 Å². The molecule has 2 heterocycles. The zero-order valence-electron chi connectivity index (χ0n) is 11.9. The summed E-state index contributed by atoms with van der Waals surface area (Å²) in [6.07, 6.45) is 1.67. The van der Waals surface area contributed by atoms with Gasteiger partial charge in [0.05, 0.1) is 4.87 Å². The van der Waals surface area contributed by atoms with Crippen LogP contribution in [0.5, 0.6) is 0 Å². The van der Waals surface area contributed by atoms with Crippen LogP contribution in [0.4, 0.5) is 0 Å². The van der Waals surface area contributed by atoms with Gasteiger partial charge < -0.3 is 14.9 Å². The molecule has 0 unspecified atom stereocenters. The first kappa shape index (κ1) is 16.0. The van der Waals surface area contributed by atoms with E-state index in [1.54, 1.807) is 16.7 Å². The van der Waals surface area contributed by atoms with Crippen molar-refractivity contribution < 1.29 is 14.7 Å². The molecule has 0 saturated carbocycles. The van der Waals surface area contributed by atoms with Gasteiger partial charge in [0.25, 0.3) is 0 Å². The minimum atomic E-state index is -0.895. The van der Waals surface area contributed by atoms with Gasteiger partial charge in [0.1, 0.15) is 6.04 Å². The van der Waals surface area contributed by atoms with E-state index in [0.29, 0.717) is 11.5 Å². The fraction of sp³-hybridized carbons (Fsp3) is 0.846. The van der Waals surface area contributed by atoms with Crippen LogP contribution in [0.25, 0.3) is 0 Å². The standard InChI is InChI=1S/C13H22N2O3S2/c1-9(7-19)11(16)15-10(12(17)18)8-20-13(15)3-5-14(2)6-4-13/h9-10,19H,3-8H2,1-2H3,(H,17,18)/t9-,10+/m1/s1. The van der Waals surface area contributed by atoms with Crippen LogP contribution in [0.15, 0.2) is 0 Å². The molecule has 0 aromatic heterocycles. The van der Waals surface area contributed by atoms with Gasteiger partial charge in [-0.05, 0) is 19.9 Å². The number of thioether (sulfide) groups is 1. The smallest absolute Gasteiger partial charge is 0.327 e. The Morgan fingerprint density at radius 2 is 2.05 bits per heavy atom. The number of hydrogen-bond acceptors (Lipinski definition) is 5. The molecule has 7 heteroatoms. The van der Waals surface area contributed by atoms with Crippen molar-refractivity contribution >= 4 is 36.3 Å². The molecule has 0 radical (unpaired) electrons. The van der Waals surface area contributed by atoms with Gasteiger partial charge in [-0.3, -0.25) is 4.79 Å². The Kier molecular flexibility index (Phi) is 4.92. The van der Waals surface area contributed by atoms with Crippen LogP contribution in [0, 0.1) is 5.92 Å². The van der Waals surface area contributed by atoms with Gasteiger partial charge in [0.2, 0.25) is 5.91 Å². The van der Waals surface area contributed by atoms with E-state index in [-0.39, 0.29) is 16.7 Å². The Labute approximate surface area is 129 Å². The fourth-order valence-corrected chi connectivity index (χ4v) is 4.61. The second kappa shape index (κ2) is 6.15. The fourth-order valence-electron chi connectivity index (χ4n) is 2.87. The molecule has 5 nitrogen and oxygen atoms in total. The summed E-state index contributed by atoms with van der Waals surface area (Å²) in [7, 11) is 2.06. The van der Waals surface area contributed by atoms with Gasteiger partial charge in [-0.15, -0.1) is 11.8 Å². The number of carboxylic acid groups (broad SMARTS) is 1. The average molecular weight is 318 g/mol. The van der Waals surface area contributed by atoms with Crippen LogP contribution in [0.2, 0.25) is 0 Å². The summed E-state index contributed by atoms with van der Waals surface area (Å²) in [5.74, 6) is -0.266. The number of piperidine rings is 1. The summed E-state index contributed by atoms with van der Waals surface area (Å²) in [4.78, 5) is 27.7. The maximum absolute atomic E-state index is 12.6. The number of thiol groups is 1. The van der Waals surface area contributed by atoms with Gasteiger partial charge in [-0.25, -0.2) is 4.79 Å². The summed E-state index contributed by atoms with van der Waals surface area (Å²) in [6, 6.07) is -0.696. The van der Waals surface area contributed by atoms with Gasteiger partial charge in [-0.1, -0.05) is 6.92 Å². The van der Waals surface area contributed by atoms with Crippen molar-refractivity contribution in [1.29, 1.82) is 0 Å². The molecule has 0 aliphatic carbocycles. The molecule has 2 fully saturated rings. The number of amides is 1. The van der Waals surface area contributed by atoms with Crippen molar-refractivity contribution in [3.63, 3.8) is 0 Å². The molecule has 1 amide bonds. The molecule has 0 aromatic carbocycles. The molecule has 2 aliphatic heterocycles. The van der Waals surface area contributed by atoms with E-state index in [1.165, 1.54) is 0 Å². The molecule has 1 spiro atoms. The Bertz CT molecular complexity index is 397. The van der Waals surface area contributed by atoms with E-state index in [4.69, 9.17) is 0 Å². The first-order chi connectivity index (χ1) is 9.41. The average Bonchev–Trinajstić information content (AvgIpc) is 2.80. The normalized spacial score (nSPS) is 27.8. The zero-order valence-corrected chi connectivity index (χ0v) is 13.6. The third-order valence-electron chi connectivity index (χ3n) is 4.25. The lowest BCUT2D eigenvalue weighted by Gasteiger charge is -2.45. The Hall–Kier alpha value is -0.400. The Morgan fingerprint density at radius 1 is 1.45 bits per heavy atom. The van der Waals surface area contributed by atoms with E-state index in [9.17, 15) is 14.7 Å². The Balaban J connectivity index is 2.27. The highest BCUT2D eigenvalue weighted by Crippen LogP contribution is 2.47. The van der Waals surface area contributed by atoms with Gasteiger partial charge in [-0.2, -0.15) is 12.6 Å². The zero-order chi connectivity index (χ0) is 14.9. The van der Waals surface area contributed by atoms with Crippen LogP contribution in [-0.4, -0.2) is 69.3 Å². The van der Waals surface area contributed by atoms with Crippen LogP contribution in [-0.2, 0) is 9.59 Å². The number of carbonyl (C=O) groups is 2. The predicted octanol–water partition coefficient (Wildman–Crippen LogP) is 1.00. The van der Waals surface area contributed by atoms with E-state index in [1.807, 2.05) is 6.92 Å². The minimum Gasteiger partial charge on any atom is -0.480 e. The Morgan fingerprint density at radius 3 is 2.55 bits per heavy atom.